The summed E-state index contributed by atoms with van der Waals surface area (Å²) in [5, 5.41) is 16.3. The Hall–Kier alpha value is -1.53. The Bertz CT molecular complexity index is 631. The van der Waals surface area contributed by atoms with Gasteiger partial charge in [0, 0.05) is 10.9 Å². The molecule has 0 aliphatic heterocycles. The van der Waals surface area contributed by atoms with Crippen LogP contribution in [0.25, 0.3) is 0 Å². The molecule has 19 heavy (non-hydrogen) atoms. The van der Waals surface area contributed by atoms with Crippen LogP contribution in [-0.4, -0.2) is 19.9 Å². The van der Waals surface area contributed by atoms with Gasteiger partial charge in [0.15, 0.2) is 5.16 Å². The zero-order chi connectivity index (χ0) is 14.0. The maximum Gasteiger partial charge on any atom is 0.344 e. The van der Waals surface area contributed by atoms with Crippen molar-refractivity contribution in [2.75, 3.05) is 0 Å². The summed E-state index contributed by atoms with van der Waals surface area (Å²) < 4.78 is 1.63. The largest absolute Gasteiger partial charge is 0.392 e. The van der Waals surface area contributed by atoms with E-state index in [1.807, 2.05) is 39.0 Å². The lowest BCUT2D eigenvalue weighted by atomic mass is 10.1. The third-order valence-corrected chi connectivity index (χ3v) is 3.96. The van der Waals surface area contributed by atoms with E-state index in [4.69, 9.17) is 5.11 Å². The Morgan fingerprint density at radius 2 is 2.21 bits per heavy atom. The van der Waals surface area contributed by atoms with E-state index in [0.29, 0.717) is 5.16 Å². The number of rotatable bonds is 4. The van der Waals surface area contributed by atoms with Gasteiger partial charge < -0.3 is 5.11 Å². The van der Waals surface area contributed by atoms with Crippen LogP contribution in [0, 0.1) is 6.92 Å². The van der Waals surface area contributed by atoms with Gasteiger partial charge in [0.25, 0.3) is 0 Å². The molecule has 6 heteroatoms. The maximum absolute atomic E-state index is 11.7. The highest BCUT2D eigenvalue weighted by atomic mass is 32.2. The zero-order valence-corrected chi connectivity index (χ0v) is 12.0. The van der Waals surface area contributed by atoms with Crippen molar-refractivity contribution in [2.24, 2.45) is 0 Å². The van der Waals surface area contributed by atoms with E-state index in [1.54, 1.807) is 4.57 Å². The van der Waals surface area contributed by atoms with Gasteiger partial charge in [-0.2, -0.15) is 0 Å². The second kappa shape index (κ2) is 5.63. The van der Waals surface area contributed by atoms with E-state index in [1.165, 1.54) is 11.8 Å². The van der Waals surface area contributed by atoms with Crippen molar-refractivity contribution < 1.29 is 5.11 Å². The lowest BCUT2D eigenvalue weighted by Gasteiger charge is -2.10. The fourth-order valence-corrected chi connectivity index (χ4v) is 2.88. The number of benzene rings is 1. The summed E-state index contributed by atoms with van der Waals surface area (Å²) in [5.41, 5.74) is 1.74. The highest BCUT2D eigenvalue weighted by Gasteiger charge is 2.13. The van der Waals surface area contributed by atoms with Gasteiger partial charge in [-0.25, -0.2) is 9.89 Å². The van der Waals surface area contributed by atoms with Crippen LogP contribution in [0.3, 0.4) is 0 Å². The minimum absolute atomic E-state index is 0.0326. The molecule has 1 aromatic heterocycles. The average molecular weight is 279 g/mol. The number of aromatic amines is 1. The molecule has 0 saturated carbocycles. The van der Waals surface area contributed by atoms with Gasteiger partial charge in [0.05, 0.1) is 6.61 Å². The normalized spacial score (nSPS) is 11.2. The van der Waals surface area contributed by atoms with E-state index < -0.39 is 0 Å². The molecular weight excluding hydrogens is 262 g/mol. The quantitative estimate of drug-likeness (QED) is 0.899. The standard InChI is InChI=1S/C13H17N3O2S/c1-8(2)16-12(18)14-15-13(16)19-11-5-4-10(7-17)6-9(11)3/h4-6,8,17H,7H2,1-3H3,(H,14,18). The van der Waals surface area contributed by atoms with Crippen LogP contribution in [-0.2, 0) is 6.61 Å². The molecular formula is C13H17N3O2S. The van der Waals surface area contributed by atoms with Crippen LogP contribution < -0.4 is 5.69 Å². The van der Waals surface area contributed by atoms with Crippen LogP contribution in [0.4, 0.5) is 0 Å². The summed E-state index contributed by atoms with van der Waals surface area (Å²) in [6, 6.07) is 5.81. The molecule has 0 amide bonds. The van der Waals surface area contributed by atoms with Gasteiger partial charge in [-0.15, -0.1) is 5.10 Å². The maximum atomic E-state index is 11.7. The third kappa shape index (κ3) is 2.90. The summed E-state index contributed by atoms with van der Waals surface area (Å²) >= 11 is 1.45. The molecule has 5 nitrogen and oxygen atoms in total. The summed E-state index contributed by atoms with van der Waals surface area (Å²) in [4.78, 5) is 12.7. The number of nitrogens with zero attached hydrogens (tertiary/aromatic N) is 2. The predicted octanol–water partition coefficient (Wildman–Crippen LogP) is 2.10. The first kappa shape index (κ1) is 13.9. The van der Waals surface area contributed by atoms with Crippen molar-refractivity contribution in [1.29, 1.82) is 0 Å². The number of aromatic nitrogens is 3. The first-order valence-corrected chi connectivity index (χ1v) is 6.89. The van der Waals surface area contributed by atoms with Crippen LogP contribution >= 0.6 is 11.8 Å². The summed E-state index contributed by atoms with van der Waals surface area (Å²) in [7, 11) is 0. The number of aryl methyl sites for hydroxylation is 1. The number of aliphatic hydroxyl groups is 1. The van der Waals surface area contributed by atoms with E-state index in [2.05, 4.69) is 10.2 Å². The smallest absolute Gasteiger partial charge is 0.344 e. The summed E-state index contributed by atoms with van der Waals surface area (Å²) in [5.74, 6) is 0. The first-order valence-electron chi connectivity index (χ1n) is 6.08. The number of hydrogen-bond donors (Lipinski definition) is 2. The van der Waals surface area contributed by atoms with Crippen LogP contribution in [0.2, 0.25) is 0 Å². The average Bonchev–Trinajstić information content (AvgIpc) is 2.73. The minimum Gasteiger partial charge on any atom is -0.392 e. The number of nitrogens with one attached hydrogen (secondary N) is 1. The molecule has 0 radical (unpaired) electrons. The van der Waals surface area contributed by atoms with Crippen molar-refractivity contribution in [3.8, 4) is 0 Å². The fourth-order valence-electron chi connectivity index (χ4n) is 1.84. The molecule has 0 saturated heterocycles. The first-order chi connectivity index (χ1) is 9.02. The molecule has 0 fully saturated rings. The highest BCUT2D eigenvalue weighted by Crippen LogP contribution is 2.29. The fraction of sp³-hybridized carbons (Fsp3) is 0.385. The lowest BCUT2D eigenvalue weighted by molar-refractivity contribution is 0.281. The summed E-state index contributed by atoms with van der Waals surface area (Å²) in [6.07, 6.45) is 0. The van der Waals surface area contributed by atoms with Gasteiger partial charge in [-0.05, 0) is 49.7 Å². The topological polar surface area (TPSA) is 70.9 Å². The Morgan fingerprint density at radius 3 is 2.79 bits per heavy atom. The molecule has 2 rings (SSSR count). The van der Waals surface area contributed by atoms with Crippen LogP contribution in [0.1, 0.15) is 31.0 Å². The third-order valence-electron chi connectivity index (χ3n) is 2.81. The second-order valence-corrected chi connectivity index (χ2v) is 5.64. The van der Waals surface area contributed by atoms with Crippen molar-refractivity contribution in [2.45, 2.75) is 43.5 Å². The molecule has 102 valence electrons. The molecule has 2 aromatic rings. The molecule has 0 bridgehead atoms. The Morgan fingerprint density at radius 1 is 1.47 bits per heavy atom. The van der Waals surface area contributed by atoms with Gasteiger partial charge in [0.2, 0.25) is 0 Å². The molecule has 0 spiro atoms. The van der Waals surface area contributed by atoms with Gasteiger partial charge in [0.1, 0.15) is 0 Å². The number of hydrogen-bond acceptors (Lipinski definition) is 4. The van der Waals surface area contributed by atoms with Crippen molar-refractivity contribution in [1.82, 2.24) is 14.8 Å². The second-order valence-electron chi connectivity index (χ2n) is 4.64. The van der Waals surface area contributed by atoms with Gasteiger partial charge in [-0.3, -0.25) is 4.57 Å². The Balaban J connectivity index is 2.34. The van der Waals surface area contributed by atoms with E-state index >= 15 is 0 Å². The van der Waals surface area contributed by atoms with Crippen molar-refractivity contribution in [3.63, 3.8) is 0 Å². The van der Waals surface area contributed by atoms with E-state index in [9.17, 15) is 4.79 Å². The highest BCUT2D eigenvalue weighted by molar-refractivity contribution is 7.99. The number of aliphatic hydroxyl groups excluding tert-OH is 1. The van der Waals surface area contributed by atoms with Crippen LogP contribution in [0.15, 0.2) is 33.0 Å². The summed E-state index contributed by atoms with van der Waals surface area (Å²) in [6.45, 7) is 5.91. The van der Waals surface area contributed by atoms with Gasteiger partial charge in [-0.1, -0.05) is 12.1 Å². The van der Waals surface area contributed by atoms with Crippen molar-refractivity contribution in [3.05, 3.63) is 39.8 Å². The Kier molecular flexibility index (Phi) is 4.11. The Labute approximate surface area is 115 Å². The van der Waals surface area contributed by atoms with E-state index in [0.717, 1.165) is 16.0 Å². The molecule has 2 N–H and O–H groups in total. The monoisotopic (exact) mass is 279 g/mol. The molecule has 0 atom stereocenters. The lowest BCUT2D eigenvalue weighted by Crippen LogP contribution is -2.19. The van der Waals surface area contributed by atoms with Crippen LogP contribution in [0.5, 0.6) is 0 Å². The molecule has 1 heterocycles. The molecule has 1 aromatic carbocycles. The van der Waals surface area contributed by atoms with Crippen molar-refractivity contribution >= 4 is 11.8 Å². The molecule has 0 aliphatic rings. The SMILES string of the molecule is Cc1cc(CO)ccc1Sc1n[nH]c(=O)n1C(C)C. The number of H-pyrrole nitrogens is 1. The van der Waals surface area contributed by atoms with Gasteiger partial charge >= 0.3 is 5.69 Å². The minimum atomic E-state index is -0.192. The molecule has 0 aliphatic carbocycles. The molecule has 0 unspecified atom stereocenters. The zero-order valence-electron chi connectivity index (χ0n) is 11.2. The predicted molar refractivity (Wildman–Crippen MR) is 74.5 cm³/mol. The van der Waals surface area contributed by atoms with E-state index in [-0.39, 0.29) is 18.3 Å².